The van der Waals surface area contributed by atoms with Crippen LogP contribution < -0.4 is 5.32 Å². The van der Waals surface area contributed by atoms with Gasteiger partial charge in [0.05, 0.1) is 6.54 Å². The fraction of sp³-hybridized carbons (Fsp3) is 0.667. The maximum atomic E-state index is 10.9. The molecule has 1 N–H and O–H groups in total. The predicted octanol–water partition coefficient (Wildman–Crippen LogP) is 0.0776. The minimum atomic E-state index is 0.0360. The molecule has 1 amide bonds. The molecule has 0 unspecified atom stereocenters. The Bertz CT molecular complexity index is 172. The van der Waals surface area contributed by atoms with Crippen LogP contribution >= 0.6 is 0 Å². The van der Waals surface area contributed by atoms with Gasteiger partial charge in [0.25, 0.3) is 0 Å². The summed E-state index contributed by atoms with van der Waals surface area (Å²) in [6, 6.07) is 0. The van der Waals surface area contributed by atoms with Crippen molar-refractivity contribution in [2.75, 3.05) is 26.7 Å². The highest BCUT2D eigenvalue weighted by atomic mass is 16.1. The van der Waals surface area contributed by atoms with Gasteiger partial charge in [-0.25, -0.2) is 0 Å². The molecule has 0 saturated heterocycles. The minimum Gasteiger partial charge on any atom is -0.358 e. The summed E-state index contributed by atoms with van der Waals surface area (Å²) in [4.78, 5) is 13.0. The lowest BCUT2D eigenvalue weighted by Crippen LogP contribution is -2.35. The zero-order valence-corrected chi connectivity index (χ0v) is 7.76. The average molecular weight is 168 g/mol. The molecule has 68 valence electrons. The second-order valence-electron chi connectivity index (χ2n) is 2.50. The van der Waals surface area contributed by atoms with Gasteiger partial charge in [0.2, 0.25) is 5.91 Å². The number of terminal acetylenes is 1. The molecule has 0 rings (SSSR count). The second-order valence-corrected chi connectivity index (χ2v) is 2.50. The molecule has 0 aromatic heterocycles. The summed E-state index contributed by atoms with van der Waals surface area (Å²) in [7, 11) is 1.64. The van der Waals surface area contributed by atoms with Crippen LogP contribution in [-0.4, -0.2) is 37.5 Å². The molecule has 3 nitrogen and oxygen atoms in total. The van der Waals surface area contributed by atoms with Crippen LogP contribution in [0.1, 0.15) is 13.3 Å². The average Bonchev–Trinajstić information content (AvgIpc) is 2.11. The number of hydrogen-bond donors (Lipinski definition) is 1. The SMILES string of the molecule is C#CCCN(CC)CC(=O)NC. The van der Waals surface area contributed by atoms with Gasteiger partial charge in [-0.3, -0.25) is 9.69 Å². The Balaban J connectivity index is 3.68. The number of amides is 1. The molecule has 0 aliphatic carbocycles. The molecule has 0 aromatic rings. The quantitative estimate of drug-likeness (QED) is 0.589. The van der Waals surface area contributed by atoms with Crippen LogP contribution in [0.25, 0.3) is 0 Å². The molecule has 0 saturated carbocycles. The van der Waals surface area contributed by atoms with E-state index < -0.39 is 0 Å². The summed E-state index contributed by atoms with van der Waals surface area (Å²) in [6.07, 6.45) is 5.82. The van der Waals surface area contributed by atoms with Crippen molar-refractivity contribution < 1.29 is 4.79 Å². The van der Waals surface area contributed by atoms with E-state index in [1.54, 1.807) is 7.05 Å². The number of carbonyl (C=O) groups excluding carboxylic acids is 1. The van der Waals surface area contributed by atoms with E-state index in [9.17, 15) is 4.79 Å². The number of carbonyl (C=O) groups is 1. The molecule has 0 aliphatic rings. The smallest absolute Gasteiger partial charge is 0.233 e. The Morgan fingerprint density at radius 1 is 1.67 bits per heavy atom. The molecule has 0 atom stereocenters. The van der Waals surface area contributed by atoms with Crippen molar-refractivity contribution >= 4 is 5.91 Å². The van der Waals surface area contributed by atoms with Crippen LogP contribution in [0.15, 0.2) is 0 Å². The Morgan fingerprint density at radius 3 is 2.75 bits per heavy atom. The Morgan fingerprint density at radius 2 is 2.33 bits per heavy atom. The summed E-state index contributed by atoms with van der Waals surface area (Å²) in [5, 5.41) is 2.57. The Kier molecular flexibility index (Phi) is 6.12. The fourth-order valence-electron chi connectivity index (χ4n) is 0.854. The van der Waals surface area contributed by atoms with E-state index >= 15 is 0 Å². The van der Waals surface area contributed by atoms with E-state index in [4.69, 9.17) is 6.42 Å². The Hall–Kier alpha value is -1.01. The third kappa shape index (κ3) is 4.75. The lowest BCUT2D eigenvalue weighted by atomic mass is 10.3. The van der Waals surface area contributed by atoms with Gasteiger partial charge in [0.1, 0.15) is 0 Å². The van der Waals surface area contributed by atoms with Crippen LogP contribution in [0.3, 0.4) is 0 Å². The lowest BCUT2D eigenvalue weighted by Gasteiger charge is -2.17. The minimum absolute atomic E-state index is 0.0360. The first-order valence-corrected chi connectivity index (χ1v) is 4.11. The summed E-state index contributed by atoms with van der Waals surface area (Å²) in [5.74, 6) is 2.59. The van der Waals surface area contributed by atoms with Crippen molar-refractivity contribution in [2.45, 2.75) is 13.3 Å². The van der Waals surface area contributed by atoms with Crippen LogP contribution in [0.5, 0.6) is 0 Å². The first kappa shape index (κ1) is 11.0. The third-order valence-electron chi connectivity index (χ3n) is 1.67. The van der Waals surface area contributed by atoms with Gasteiger partial charge < -0.3 is 5.32 Å². The topological polar surface area (TPSA) is 32.3 Å². The summed E-state index contributed by atoms with van der Waals surface area (Å²) < 4.78 is 0. The van der Waals surface area contributed by atoms with Crippen LogP contribution in [-0.2, 0) is 4.79 Å². The Labute approximate surface area is 74.1 Å². The van der Waals surface area contributed by atoms with E-state index in [0.29, 0.717) is 13.0 Å². The van der Waals surface area contributed by atoms with Crippen molar-refractivity contribution in [3.05, 3.63) is 0 Å². The first-order valence-electron chi connectivity index (χ1n) is 4.11. The van der Waals surface area contributed by atoms with E-state index in [1.165, 1.54) is 0 Å². The molecule has 0 radical (unpaired) electrons. The number of nitrogens with zero attached hydrogens (tertiary/aromatic N) is 1. The van der Waals surface area contributed by atoms with Crippen molar-refractivity contribution in [3.63, 3.8) is 0 Å². The lowest BCUT2D eigenvalue weighted by molar-refractivity contribution is -0.121. The van der Waals surface area contributed by atoms with E-state index in [2.05, 4.69) is 11.2 Å². The predicted molar refractivity (Wildman–Crippen MR) is 49.6 cm³/mol. The highest BCUT2D eigenvalue weighted by molar-refractivity contribution is 5.77. The van der Waals surface area contributed by atoms with E-state index in [1.807, 2.05) is 11.8 Å². The van der Waals surface area contributed by atoms with Gasteiger partial charge in [-0.2, -0.15) is 0 Å². The number of hydrogen-bond acceptors (Lipinski definition) is 2. The van der Waals surface area contributed by atoms with Gasteiger partial charge in [-0.1, -0.05) is 6.92 Å². The molecule has 0 spiro atoms. The number of rotatable bonds is 5. The van der Waals surface area contributed by atoms with Crippen molar-refractivity contribution in [1.82, 2.24) is 10.2 Å². The summed E-state index contributed by atoms with van der Waals surface area (Å²) in [6.45, 7) is 4.10. The van der Waals surface area contributed by atoms with E-state index in [0.717, 1.165) is 13.1 Å². The van der Waals surface area contributed by atoms with E-state index in [-0.39, 0.29) is 5.91 Å². The molecule has 0 aliphatic heterocycles. The first-order chi connectivity index (χ1) is 5.74. The molecule has 0 bridgehead atoms. The summed E-state index contributed by atoms with van der Waals surface area (Å²) >= 11 is 0. The van der Waals surface area contributed by atoms with Crippen molar-refractivity contribution in [1.29, 1.82) is 0 Å². The van der Waals surface area contributed by atoms with Gasteiger partial charge in [-0.15, -0.1) is 12.3 Å². The fourth-order valence-corrected chi connectivity index (χ4v) is 0.854. The maximum Gasteiger partial charge on any atom is 0.233 e. The molecule has 12 heavy (non-hydrogen) atoms. The third-order valence-corrected chi connectivity index (χ3v) is 1.67. The molecule has 0 aromatic carbocycles. The largest absolute Gasteiger partial charge is 0.358 e. The van der Waals surface area contributed by atoms with Gasteiger partial charge in [0.15, 0.2) is 0 Å². The monoisotopic (exact) mass is 168 g/mol. The zero-order valence-electron chi connectivity index (χ0n) is 7.76. The molecular weight excluding hydrogens is 152 g/mol. The molecular formula is C9H16N2O. The molecule has 3 heteroatoms. The zero-order chi connectivity index (χ0) is 9.40. The highest BCUT2D eigenvalue weighted by Gasteiger charge is 2.05. The van der Waals surface area contributed by atoms with Gasteiger partial charge >= 0.3 is 0 Å². The normalized spacial score (nSPS) is 9.50. The second kappa shape index (κ2) is 6.68. The van der Waals surface area contributed by atoms with Gasteiger partial charge in [-0.05, 0) is 6.54 Å². The van der Waals surface area contributed by atoms with Crippen LogP contribution in [0.4, 0.5) is 0 Å². The van der Waals surface area contributed by atoms with Crippen LogP contribution in [0, 0.1) is 12.3 Å². The van der Waals surface area contributed by atoms with Gasteiger partial charge in [0, 0.05) is 20.0 Å². The number of likely N-dealkylation sites (N-methyl/N-ethyl adjacent to an activating group) is 2. The molecule has 0 heterocycles. The van der Waals surface area contributed by atoms with Crippen LogP contribution in [0.2, 0.25) is 0 Å². The van der Waals surface area contributed by atoms with Crippen molar-refractivity contribution in [2.24, 2.45) is 0 Å². The maximum absolute atomic E-state index is 10.9. The number of nitrogens with one attached hydrogen (secondary N) is 1. The van der Waals surface area contributed by atoms with Crippen molar-refractivity contribution in [3.8, 4) is 12.3 Å². The summed E-state index contributed by atoms with van der Waals surface area (Å²) in [5.41, 5.74) is 0. The highest BCUT2D eigenvalue weighted by Crippen LogP contribution is 1.89. The standard InChI is InChI=1S/C9H16N2O/c1-4-6-7-11(5-2)8-9(12)10-3/h1H,5-8H2,2-3H3,(H,10,12). The molecule has 0 fully saturated rings.